The van der Waals surface area contributed by atoms with Gasteiger partial charge in [0.25, 0.3) is 0 Å². The highest BCUT2D eigenvalue weighted by Gasteiger charge is 2.24. The Hall–Kier alpha value is -2.16. The summed E-state index contributed by atoms with van der Waals surface area (Å²) in [5, 5.41) is 19.5. The van der Waals surface area contributed by atoms with Gasteiger partial charge in [-0.05, 0) is 12.8 Å². The monoisotopic (exact) mass is 290 g/mol. The van der Waals surface area contributed by atoms with Gasteiger partial charge in [-0.2, -0.15) is 0 Å². The van der Waals surface area contributed by atoms with Crippen molar-refractivity contribution in [3.8, 4) is 0 Å². The number of methoxy groups -OCH3 is 1. The van der Waals surface area contributed by atoms with E-state index in [1.807, 2.05) is 0 Å². The largest absolute Gasteiger partial charge is 0.481 e. The Morgan fingerprint density at radius 1 is 1.15 bits per heavy atom. The third-order valence-corrected chi connectivity index (χ3v) is 2.49. The van der Waals surface area contributed by atoms with Crippen LogP contribution in [-0.4, -0.2) is 53.2 Å². The predicted octanol–water partition coefficient (Wildman–Crippen LogP) is -1.30. The molecule has 114 valence electrons. The Bertz CT molecular complexity index is 383. The van der Waals surface area contributed by atoms with Gasteiger partial charge in [0.2, 0.25) is 5.91 Å². The van der Waals surface area contributed by atoms with Gasteiger partial charge >= 0.3 is 17.9 Å². The molecule has 0 spiro atoms. The molecule has 1 amide bonds. The number of aliphatic carboxylic acids is 2. The summed E-state index contributed by atoms with van der Waals surface area (Å²) in [6.07, 6.45) is -0.712. The zero-order chi connectivity index (χ0) is 15.7. The summed E-state index contributed by atoms with van der Waals surface area (Å²) in [4.78, 5) is 43.8. The van der Waals surface area contributed by atoms with Crippen molar-refractivity contribution in [2.45, 2.75) is 37.8 Å². The third kappa shape index (κ3) is 7.31. The van der Waals surface area contributed by atoms with Gasteiger partial charge in [0.05, 0.1) is 13.2 Å². The number of rotatable bonds is 9. The predicted molar refractivity (Wildman–Crippen MR) is 65.7 cm³/mol. The number of amides is 1. The van der Waals surface area contributed by atoms with E-state index in [0.29, 0.717) is 0 Å². The average Bonchev–Trinajstić information content (AvgIpc) is 2.39. The summed E-state index contributed by atoms with van der Waals surface area (Å²) in [5.74, 6) is -3.79. The van der Waals surface area contributed by atoms with E-state index >= 15 is 0 Å². The molecule has 0 aliphatic heterocycles. The number of esters is 1. The number of nitrogens with two attached hydrogens (primary N) is 1. The minimum absolute atomic E-state index is 0.107. The molecule has 9 nitrogen and oxygen atoms in total. The van der Waals surface area contributed by atoms with Gasteiger partial charge in [0, 0.05) is 12.8 Å². The number of ether oxygens (including phenoxy) is 1. The SMILES string of the molecule is COC(=O)CCC(NC(=O)C(N)CCC(=O)O)C(=O)O. The fraction of sp³-hybridized carbons (Fsp3) is 0.636. The van der Waals surface area contributed by atoms with E-state index in [4.69, 9.17) is 15.9 Å². The normalized spacial score (nSPS) is 13.1. The minimum atomic E-state index is -1.31. The van der Waals surface area contributed by atoms with Crippen LogP contribution in [0.2, 0.25) is 0 Å². The fourth-order valence-corrected chi connectivity index (χ4v) is 1.31. The van der Waals surface area contributed by atoms with Gasteiger partial charge in [-0.1, -0.05) is 0 Å². The molecular formula is C11H18N2O7. The Morgan fingerprint density at radius 2 is 1.75 bits per heavy atom. The molecule has 0 bridgehead atoms. The van der Waals surface area contributed by atoms with Crippen LogP contribution in [0.5, 0.6) is 0 Å². The summed E-state index contributed by atoms with van der Waals surface area (Å²) in [7, 11) is 1.17. The molecule has 2 unspecified atom stereocenters. The summed E-state index contributed by atoms with van der Waals surface area (Å²) >= 11 is 0. The van der Waals surface area contributed by atoms with E-state index in [2.05, 4.69) is 10.1 Å². The molecule has 0 aliphatic rings. The number of carboxylic acid groups (broad SMARTS) is 2. The topological polar surface area (TPSA) is 156 Å². The Kier molecular flexibility index (Phi) is 7.90. The first-order valence-electron chi connectivity index (χ1n) is 5.85. The van der Waals surface area contributed by atoms with E-state index < -0.39 is 35.9 Å². The van der Waals surface area contributed by atoms with Crippen LogP contribution in [-0.2, 0) is 23.9 Å². The molecule has 0 heterocycles. The highest BCUT2D eigenvalue weighted by Crippen LogP contribution is 2.02. The molecule has 0 saturated heterocycles. The fourth-order valence-electron chi connectivity index (χ4n) is 1.31. The molecule has 0 aromatic rings. The van der Waals surface area contributed by atoms with E-state index in [9.17, 15) is 19.2 Å². The maximum absolute atomic E-state index is 11.6. The van der Waals surface area contributed by atoms with Gasteiger partial charge in [0.1, 0.15) is 6.04 Å². The summed E-state index contributed by atoms with van der Waals surface area (Å²) in [6.45, 7) is 0. The third-order valence-electron chi connectivity index (χ3n) is 2.49. The van der Waals surface area contributed by atoms with Crippen LogP contribution in [0, 0.1) is 0 Å². The lowest BCUT2D eigenvalue weighted by Crippen LogP contribution is -2.48. The van der Waals surface area contributed by atoms with Crippen molar-refractivity contribution < 1.29 is 34.1 Å². The number of carboxylic acids is 2. The van der Waals surface area contributed by atoms with E-state index in [1.54, 1.807) is 0 Å². The lowest BCUT2D eigenvalue weighted by molar-refractivity contribution is -0.144. The van der Waals surface area contributed by atoms with Crippen molar-refractivity contribution in [2.75, 3.05) is 7.11 Å². The second-order valence-electron chi connectivity index (χ2n) is 4.05. The maximum Gasteiger partial charge on any atom is 0.326 e. The molecule has 0 saturated carbocycles. The smallest absolute Gasteiger partial charge is 0.326 e. The highest BCUT2D eigenvalue weighted by atomic mass is 16.5. The first kappa shape index (κ1) is 17.8. The zero-order valence-corrected chi connectivity index (χ0v) is 11.0. The van der Waals surface area contributed by atoms with Crippen molar-refractivity contribution in [1.82, 2.24) is 5.32 Å². The lowest BCUT2D eigenvalue weighted by Gasteiger charge is -2.17. The molecule has 5 N–H and O–H groups in total. The minimum Gasteiger partial charge on any atom is -0.481 e. The molecule has 0 rings (SSSR count). The van der Waals surface area contributed by atoms with Crippen LogP contribution in [0.25, 0.3) is 0 Å². The first-order chi connectivity index (χ1) is 9.27. The number of carbonyl (C=O) groups excluding carboxylic acids is 2. The molecule has 0 radical (unpaired) electrons. The van der Waals surface area contributed by atoms with Gasteiger partial charge in [-0.15, -0.1) is 0 Å². The summed E-state index contributed by atoms with van der Waals surface area (Å²) < 4.78 is 4.36. The van der Waals surface area contributed by atoms with Crippen LogP contribution < -0.4 is 11.1 Å². The van der Waals surface area contributed by atoms with Crippen molar-refractivity contribution in [2.24, 2.45) is 5.73 Å². The second-order valence-corrected chi connectivity index (χ2v) is 4.05. The Labute approximate surface area is 115 Å². The molecule has 9 heteroatoms. The zero-order valence-electron chi connectivity index (χ0n) is 11.0. The quantitative estimate of drug-likeness (QED) is 0.382. The summed E-state index contributed by atoms with van der Waals surface area (Å²) in [6, 6.07) is -2.40. The number of nitrogens with one attached hydrogen (secondary N) is 1. The Morgan fingerprint density at radius 3 is 2.20 bits per heavy atom. The van der Waals surface area contributed by atoms with Crippen molar-refractivity contribution in [3.05, 3.63) is 0 Å². The number of hydrogen-bond acceptors (Lipinski definition) is 6. The van der Waals surface area contributed by atoms with Crippen molar-refractivity contribution >= 4 is 23.8 Å². The van der Waals surface area contributed by atoms with Gasteiger partial charge < -0.3 is 26.0 Å². The van der Waals surface area contributed by atoms with Crippen LogP contribution in [0.15, 0.2) is 0 Å². The second kappa shape index (κ2) is 8.86. The molecule has 0 aromatic carbocycles. The van der Waals surface area contributed by atoms with Gasteiger partial charge in [-0.3, -0.25) is 14.4 Å². The first-order valence-corrected chi connectivity index (χ1v) is 5.85. The Balaban J connectivity index is 4.36. The van der Waals surface area contributed by atoms with Gasteiger partial charge in [0.15, 0.2) is 0 Å². The summed E-state index contributed by atoms with van der Waals surface area (Å²) in [5.41, 5.74) is 5.44. The lowest BCUT2D eigenvalue weighted by atomic mass is 10.1. The van der Waals surface area contributed by atoms with Crippen molar-refractivity contribution in [3.63, 3.8) is 0 Å². The molecule has 0 aliphatic carbocycles. The standard InChI is InChI=1S/C11H18N2O7/c1-20-9(16)5-3-7(11(18)19)13-10(17)6(12)2-4-8(14)15/h6-7H,2-5,12H2,1H3,(H,13,17)(H,14,15)(H,18,19). The van der Waals surface area contributed by atoms with Gasteiger partial charge in [-0.25, -0.2) is 4.79 Å². The number of carbonyl (C=O) groups is 4. The molecule has 0 aromatic heterocycles. The maximum atomic E-state index is 11.6. The molecular weight excluding hydrogens is 272 g/mol. The molecule has 0 fully saturated rings. The van der Waals surface area contributed by atoms with E-state index in [-0.39, 0.29) is 25.7 Å². The van der Waals surface area contributed by atoms with E-state index in [1.165, 1.54) is 7.11 Å². The van der Waals surface area contributed by atoms with Crippen LogP contribution in [0.3, 0.4) is 0 Å². The highest BCUT2D eigenvalue weighted by molar-refractivity contribution is 5.87. The molecule has 2 atom stereocenters. The van der Waals surface area contributed by atoms with Crippen LogP contribution in [0.1, 0.15) is 25.7 Å². The average molecular weight is 290 g/mol. The number of hydrogen-bond donors (Lipinski definition) is 4. The van der Waals surface area contributed by atoms with E-state index in [0.717, 1.165) is 0 Å². The van der Waals surface area contributed by atoms with Crippen LogP contribution in [0.4, 0.5) is 0 Å². The molecule has 20 heavy (non-hydrogen) atoms. The van der Waals surface area contributed by atoms with Crippen LogP contribution >= 0.6 is 0 Å². The van der Waals surface area contributed by atoms with Crippen molar-refractivity contribution in [1.29, 1.82) is 0 Å².